The highest BCUT2D eigenvalue weighted by Gasteiger charge is 2.23. The Kier molecular flexibility index (Phi) is 8.75. The summed E-state index contributed by atoms with van der Waals surface area (Å²) in [6.07, 6.45) is 8.12. The normalized spacial score (nSPS) is 17.8. The molecule has 1 saturated carbocycles. The lowest BCUT2D eigenvalue weighted by Gasteiger charge is -2.28. The second kappa shape index (κ2) is 12.6. The third-order valence-electron chi connectivity index (χ3n) is 8.19. The quantitative estimate of drug-likeness (QED) is 0.241. The minimum Gasteiger partial charge on any atom is -0.508 e. The zero-order valence-electron chi connectivity index (χ0n) is 22.8. The molecular formula is C33H42N2O3. The zero-order valence-corrected chi connectivity index (χ0v) is 22.8. The molecule has 0 heterocycles. The minimum absolute atomic E-state index is 0.260. The van der Waals surface area contributed by atoms with E-state index >= 15 is 0 Å². The molecule has 2 unspecified atom stereocenters. The number of methoxy groups -OCH3 is 1. The van der Waals surface area contributed by atoms with Gasteiger partial charge in [0.25, 0.3) is 0 Å². The molecule has 1 fully saturated rings. The van der Waals surface area contributed by atoms with Crippen LogP contribution in [-0.2, 0) is 19.3 Å². The molecule has 0 aromatic heterocycles. The van der Waals surface area contributed by atoms with Crippen LogP contribution in [0, 0.1) is 5.92 Å². The highest BCUT2D eigenvalue weighted by molar-refractivity contribution is 5.58. The number of rotatable bonds is 12. The molecule has 0 radical (unpaired) electrons. The van der Waals surface area contributed by atoms with Crippen LogP contribution in [0.5, 0.6) is 17.2 Å². The molecule has 5 heteroatoms. The van der Waals surface area contributed by atoms with E-state index in [0.29, 0.717) is 18.3 Å². The van der Waals surface area contributed by atoms with Crippen LogP contribution in [0.4, 0.5) is 5.69 Å². The first-order chi connectivity index (χ1) is 18.6. The summed E-state index contributed by atoms with van der Waals surface area (Å²) in [6, 6.07) is 21.0. The highest BCUT2D eigenvalue weighted by Crippen LogP contribution is 2.38. The number of hydrogen-bond donors (Lipinski definition) is 3. The predicted octanol–water partition coefficient (Wildman–Crippen LogP) is 6.48. The lowest BCUT2D eigenvalue weighted by molar-refractivity contribution is 0.276. The van der Waals surface area contributed by atoms with E-state index in [0.717, 1.165) is 61.9 Å². The van der Waals surface area contributed by atoms with Gasteiger partial charge in [0.05, 0.1) is 7.11 Å². The largest absolute Gasteiger partial charge is 0.508 e. The molecule has 2 aliphatic rings. The third-order valence-corrected chi connectivity index (χ3v) is 8.19. The number of aromatic hydroxyl groups is 1. The van der Waals surface area contributed by atoms with Crippen molar-refractivity contribution in [3.05, 3.63) is 82.9 Å². The van der Waals surface area contributed by atoms with Crippen LogP contribution in [0.1, 0.15) is 60.8 Å². The van der Waals surface area contributed by atoms with Crippen LogP contribution in [0.2, 0.25) is 0 Å². The molecule has 2 aliphatic carbocycles. The number of ether oxygens (including phenoxy) is 2. The number of nitrogens with one attached hydrogen (secondary N) is 2. The Bertz CT molecular complexity index is 1190. The van der Waals surface area contributed by atoms with Crippen molar-refractivity contribution in [1.82, 2.24) is 5.32 Å². The summed E-state index contributed by atoms with van der Waals surface area (Å²) >= 11 is 0. The second-order valence-electron chi connectivity index (χ2n) is 11.1. The van der Waals surface area contributed by atoms with Crippen molar-refractivity contribution < 1.29 is 14.6 Å². The van der Waals surface area contributed by atoms with E-state index in [1.54, 1.807) is 13.2 Å². The van der Waals surface area contributed by atoms with E-state index in [-0.39, 0.29) is 6.04 Å². The number of benzene rings is 3. The van der Waals surface area contributed by atoms with Crippen molar-refractivity contribution in [2.45, 2.75) is 63.8 Å². The Morgan fingerprint density at radius 2 is 1.76 bits per heavy atom. The summed E-state index contributed by atoms with van der Waals surface area (Å²) in [6.45, 7) is 4.97. The topological polar surface area (TPSA) is 62.8 Å². The summed E-state index contributed by atoms with van der Waals surface area (Å²) in [7, 11) is 1.72. The van der Waals surface area contributed by atoms with Gasteiger partial charge in [-0.15, -0.1) is 0 Å². The maximum absolute atomic E-state index is 9.86. The van der Waals surface area contributed by atoms with Crippen molar-refractivity contribution in [2.24, 2.45) is 5.92 Å². The van der Waals surface area contributed by atoms with E-state index < -0.39 is 0 Å². The Labute approximate surface area is 227 Å². The average Bonchev–Trinajstić information content (AvgIpc) is 2.90. The fourth-order valence-corrected chi connectivity index (χ4v) is 5.79. The number of anilines is 1. The van der Waals surface area contributed by atoms with Gasteiger partial charge >= 0.3 is 0 Å². The Morgan fingerprint density at radius 3 is 2.53 bits per heavy atom. The second-order valence-corrected chi connectivity index (χ2v) is 11.1. The lowest BCUT2D eigenvalue weighted by Crippen LogP contribution is -2.30. The number of hydrogen-bond acceptors (Lipinski definition) is 5. The molecule has 3 N–H and O–H groups in total. The van der Waals surface area contributed by atoms with E-state index in [4.69, 9.17) is 9.47 Å². The van der Waals surface area contributed by atoms with Crippen LogP contribution < -0.4 is 20.1 Å². The molecule has 0 amide bonds. The van der Waals surface area contributed by atoms with Gasteiger partial charge in [0.15, 0.2) is 0 Å². The van der Waals surface area contributed by atoms with Gasteiger partial charge in [0.1, 0.15) is 23.9 Å². The fourth-order valence-electron chi connectivity index (χ4n) is 5.79. The summed E-state index contributed by atoms with van der Waals surface area (Å²) < 4.78 is 11.5. The van der Waals surface area contributed by atoms with Crippen LogP contribution in [-0.4, -0.2) is 38.0 Å². The van der Waals surface area contributed by atoms with Crippen molar-refractivity contribution in [1.29, 1.82) is 0 Å². The summed E-state index contributed by atoms with van der Waals surface area (Å²) in [5, 5.41) is 17.2. The Hall–Kier alpha value is -3.18. The minimum atomic E-state index is 0.260. The summed E-state index contributed by atoms with van der Waals surface area (Å²) in [5.74, 6) is 3.48. The number of phenols is 1. The van der Waals surface area contributed by atoms with E-state index in [2.05, 4.69) is 66.1 Å². The molecule has 2 atom stereocenters. The maximum Gasteiger partial charge on any atom is 0.120 e. The van der Waals surface area contributed by atoms with Gasteiger partial charge in [-0.3, -0.25) is 0 Å². The first-order valence-corrected chi connectivity index (χ1v) is 14.2. The number of phenolic OH excluding ortho intramolecular Hbond substituents is 1. The molecule has 3 aromatic carbocycles. The van der Waals surface area contributed by atoms with E-state index in [1.165, 1.54) is 41.5 Å². The Balaban J connectivity index is 1.16. The molecule has 0 aliphatic heterocycles. The van der Waals surface area contributed by atoms with Crippen LogP contribution in [0.25, 0.3) is 0 Å². The highest BCUT2D eigenvalue weighted by atomic mass is 16.5. The van der Waals surface area contributed by atoms with Crippen molar-refractivity contribution in [3.8, 4) is 17.2 Å². The molecule has 0 spiro atoms. The maximum atomic E-state index is 9.86. The average molecular weight is 515 g/mol. The predicted molar refractivity (Wildman–Crippen MR) is 155 cm³/mol. The fraction of sp³-hybridized carbons (Fsp3) is 0.455. The first-order valence-electron chi connectivity index (χ1n) is 14.2. The molecule has 202 valence electrons. The van der Waals surface area contributed by atoms with Crippen LogP contribution in [0.3, 0.4) is 0 Å². The molecule has 0 bridgehead atoms. The standard InChI is InChI=1S/C33H42N2O3/c1-23(18-24-6-12-30(13-7-24)38-17-16-34-22-25-4-3-5-25)35-33-21-31(37-2)14-15-32(33)28-9-8-27-20-29(36)11-10-26(27)19-28/h6-7,10-15,20-21,23,25,28,34-36H,3-5,8-9,16-19,22H2,1-2H3. The first kappa shape index (κ1) is 26.4. The van der Waals surface area contributed by atoms with Gasteiger partial charge in [-0.25, -0.2) is 0 Å². The van der Waals surface area contributed by atoms with Gasteiger partial charge < -0.3 is 25.2 Å². The van der Waals surface area contributed by atoms with Gasteiger partial charge in [-0.1, -0.05) is 30.7 Å². The van der Waals surface area contributed by atoms with Gasteiger partial charge in [-0.05, 0) is 116 Å². The molecule has 5 nitrogen and oxygen atoms in total. The summed E-state index contributed by atoms with van der Waals surface area (Å²) in [4.78, 5) is 0. The zero-order chi connectivity index (χ0) is 26.3. The van der Waals surface area contributed by atoms with E-state index in [1.807, 2.05) is 6.07 Å². The smallest absolute Gasteiger partial charge is 0.120 e. The van der Waals surface area contributed by atoms with Crippen molar-refractivity contribution in [2.75, 3.05) is 32.1 Å². The van der Waals surface area contributed by atoms with Gasteiger partial charge in [-0.2, -0.15) is 0 Å². The van der Waals surface area contributed by atoms with Crippen molar-refractivity contribution in [3.63, 3.8) is 0 Å². The van der Waals surface area contributed by atoms with Gasteiger partial charge in [0.2, 0.25) is 0 Å². The lowest BCUT2D eigenvalue weighted by atomic mass is 9.79. The van der Waals surface area contributed by atoms with E-state index in [9.17, 15) is 5.11 Å². The van der Waals surface area contributed by atoms with Crippen LogP contribution >= 0.6 is 0 Å². The molecule has 38 heavy (non-hydrogen) atoms. The number of fused-ring (bicyclic) bond motifs is 1. The Morgan fingerprint density at radius 1 is 0.947 bits per heavy atom. The number of aryl methyl sites for hydroxylation is 1. The molecular weight excluding hydrogens is 472 g/mol. The molecule has 3 aromatic rings. The summed E-state index contributed by atoms with van der Waals surface area (Å²) in [5.41, 5.74) is 6.39. The third kappa shape index (κ3) is 6.82. The molecule has 0 saturated heterocycles. The SMILES string of the molecule is COc1ccc(C2CCc3cc(O)ccc3C2)c(NC(C)Cc2ccc(OCCNCC3CCC3)cc2)c1. The van der Waals surface area contributed by atoms with Crippen LogP contribution in [0.15, 0.2) is 60.7 Å². The van der Waals surface area contributed by atoms with Gasteiger partial charge in [0, 0.05) is 24.3 Å². The monoisotopic (exact) mass is 514 g/mol. The molecule has 5 rings (SSSR count). The van der Waals surface area contributed by atoms with Crippen molar-refractivity contribution >= 4 is 5.69 Å².